The van der Waals surface area contributed by atoms with Crippen molar-refractivity contribution in [3.8, 4) is 23.0 Å². The van der Waals surface area contributed by atoms with Crippen LogP contribution in [0.5, 0.6) is 23.0 Å². The minimum Gasteiger partial charge on any atom is -0.457 e. The molecule has 4 nitrogen and oxygen atoms in total. The van der Waals surface area contributed by atoms with Gasteiger partial charge in [0.15, 0.2) is 0 Å². The van der Waals surface area contributed by atoms with Gasteiger partial charge in [-0.3, -0.25) is 0 Å². The summed E-state index contributed by atoms with van der Waals surface area (Å²) in [7, 11) is 0. The van der Waals surface area contributed by atoms with Gasteiger partial charge in [0.05, 0.1) is 11.1 Å². The zero-order chi connectivity index (χ0) is 26.3. The lowest BCUT2D eigenvalue weighted by Crippen LogP contribution is -2.11. The molecule has 0 fully saturated rings. The summed E-state index contributed by atoms with van der Waals surface area (Å²) in [4.78, 5) is 0. The van der Waals surface area contributed by atoms with Crippen molar-refractivity contribution < 1.29 is 53.4 Å². The van der Waals surface area contributed by atoms with Crippen LogP contribution in [0.3, 0.4) is 0 Å². The van der Waals surface area contributed by atoms with Crippen LogP contribution in [-0.2, 0) is 18.5 Å². The maximum absolute atomic E-state index is 14.4. The highest BCUT2D eigenvalue weighted by atomic mass is 19.4. The van der Waals surface area contributed by atoms with Crippen molar-refractivity contribution in [1.29, 1.82) is 0 Å². The van der Waals surface area contributed by atoms with Gasteiger partial charge in [-0.25, -0.2) is 4.39 Å². The Hall–Kier alpha value is -3.84. The fourth-order valence-electron chi connectivity index (χ4n) is 2.96. The Kier molecular flexibility index (Phi) is 6.44. The summed E-state index contributed by atoms with van der Waals surface area (Å²) in [5.74, 6) is -4.68. The van der Waals surface area contributed by atoms with Crippen LogP contribution in [0, 0.1) is 5.82 Å². The molecule has 0 saturated carbocycles. The smallest absolute Gasteiger partial charge is 0.422 e. The van der Waals surface area contributed by atoms with Gasteiger partial charge >= 0.3 is 18.5 Å². The maximum Gasteiger partial charge on any atom is 0.422 e. The maximum atomic E-state index is 14.4. The molecule has 0 amide bonds. The molecule has 0 aromatic heterocycles. The predicted molar refractivity (Wildman–Crippen MR) is 103 cm³/mol. The Labute approximate surface area is 189 Å². The number of nitrogen functional groups attached to an aromatic ring is 2. The van der Waals surface area contributed by atoms with Crippen molar-refractivity contribution in [2.45, 2.75) is 18.5 Å². The molecule has 0 aliphatic rings. The summed E-state index contributed by atoms with van der Waals surface area (Å²) in [5, 5.41) is 0. The molecule has 0 atom stereocenters. The lowest BCUT2D eigenvalue weighted by molar-refractivity contribution is -0.141. The van der Waals surface area contributed by atoms with E-state index in [1.807, 2.05) is 0 Å². The monoisotopic (exact) mass is 514 g/mol. The van der Waals surface area contributed by atoms with Gasteiger partial charge < -0.3 is 20.9 Å². The fourth-order valence-corrected chi connectivity index (χ4v) is 2.96. The minimum atomic E-state index is -5.30. The Morgan fingerprint density at radius 1 is 0.543 bits per heavy atom. The van der Waals surface area contributed by atoms with Crippen LogP contribution in [0.4, 0.5) is 55.3 Å². The summed E-state index contributed by atoms with van der Waals surface area (Å²) >= 11 is 0. The molecule has 0 aliphatic carbocycles. The van der Waals surface area contributed by atoms with Crippen LogP contribution < -0.4 is 20.9 Å². The highest BCUT2D eigenvalue weighted by Gasteiger charge is 2.39. The largest absolute Gasteiger partial charge is 0.457 e. The number of nitrogens with two attached hydrogens (primary N) is 2. The summed E-state index contributed by atoms with van der Waals surface area (Å²) in [6.07, 6.45) is -14.9. The molecule has 0 spiro atoms. The molecule has 3 rings (SSSR count). The molecule has 0 unspecified atom stereocenters. The topological polar surface area (TPSA) is 70.5 Å². The molecule has 0 radical (unpaired) electrons. The van der Waals surface area contributed by atoms with Gasteiger partial charge in [-0.1, -0.05) is 0 Å². The Morgan fingerprint density at radius 3 is 1.40 bits per heavy atom. The first-order chi connectivity index (χ1) is 16.0. The second-order valence-electron chi connectivity index (χ2n) is 6.97. The molecule has 0 saturated heterocycles. The second-order valence-corrected chi connectivity index (χ2v) is 6.97. The summed E-state index contributed by atoms with van der Waals surface area (Å²) in [5.41, 5.74) is 4.60. The van der Waals surface area contributed by atoms with Crippen LogP contribution in [0.25, 0.3) is 0 Å². The zero-order valence-corrected chi connectivity index (χ0v) is 16.9. The number of alkyl halides is 9. The molecular formula is C21H12F10N2O2. The Bertz CT molecular complexity index is 1250. The van der Waals surface area contributed by atoms with Gasteiger partial charge in [-0.15, -0.1) is 0 Å². The molecule has 14 heteroatoms. The van der Waals surface area contributed by atoms with Gasteiger partial charge in [0.2, 0.25) is 0 Å². The molecule has 3 aromatic carbocycles. The lowest BCUT2D eigenvalue weighted by Gasteiger charge is -2.18. The van der Waals surface area contributed by atoms with Crippen LogP contribution in [0.15, 0.2) is 48.5 Å². The Balaban J connectivity index is 2.01. The highest BCUT2D eigenvalue weighted by Crippen LogP contribution is 2.44. The summed E-state index contributed by atoms with van der Waals surface area (Å²) in [6, 6.07) is 4.62. The van der Waals surface area contributed by atoms with Crippen molar-refractivity contribution in [3.63, 3.8) is 0 Å². The van der Waals surface area contributed by atoms with Gasteiger partial charge in [-0.05, 0) is 24.3 Å². The van der Waals surface area contributed by atoms with Crippen LogP contribution >= 0.6 is 0 Å². The number of anilines is 2. The van der Waals surface area contributed by atoms with Crippen molar-refractivity contribution in [3.05, 3.63) is 71.0 Å². The second kappa shape index (κ2) is 8.74. The van der Waals surface area contributed by atoms with Crippen LogP contribution in [-0.4, -0.2) is 0 Å². The first-order valence-electron chi connectivity index (χ1n) is 9.16. The predicted octanol–water partition coefficient (Wildman–Crippen LogP) is 7.63. The summed E-state index contributed by atoms with van der Waals surface area (Å²) < 4.78 is 142. The van der Waals surface area contributed by atoms with E-state index in [2.05, 4.69) is 0 Å². The third kappa shape index (κ3) is 5.81. The SMILES string of the molecule is Nc1cc(Oc2cc(F)c(C(F)(F)F)c(Oc3ccc(C(F)(F)F)c(N)c3)c2)ccc1C(F)(F)F. The van der Waals surface area contributed by atoms with E-state index in [0.717, 1.165) is 12.1 Å². The Morgan fingerprint density at radius 2 is 1.00 bits per heavy atom. The molecule has 0 bridgehead atoms. The standard InChI is InChI=1S/C21H12F10N2O2/c22-14-5-11(34-9-1-3-12(15(32)6-9)19(23,24)25)8-17(18(14)21(29,30)31)35-10-2-4-13(16(33)7-10)20(26,27)28/h1-8H,32-33H2. The fraction of sp³-hybridized carbons (Fsp3) is 0.143. The third-order valence-corrected chi connectivity index (χ3v) is 4.43. The van der Waals surface area contributed by atoms with E-state index in [-0.39, 0.29) is 5.75 Å². The number of halogens is 10. The number of hydrogen-bond donors (Lipinski definition) is 2. The molecular weight excluding hydrogens is 502 g/mol. The average Bonchev–Trinajstić information content (AvgIpc) is 2.64. The van der Waals surface area contributed by atoms with Gasteiger partial charge in [-0.2, -0.15) is 39.5 Å². The molecule has 0 aliphatic heterocycles. The van der Waals surface area contributed by atoms with Crippen molar-refractivity contribution in [2.75, 3.05) is 11.5 Å². The van der Waals surface area contributed by atoms with E-state index in [1.165, 1.54) is 0 Å². The van der Waals surface area contributed by atoms with E-state index >= 15 is 0 Å². The van der Waals surface area contributed by atoms with Crippen molar-refractivity contribution >= 4 is 11.4 Å². The highest BCUT2D eigenvalue weighted by molar-refractivity contribution is 5.56. The number of rotatable bonds is 4. The van der Waals surface area contributed by atoms with Crippen LogP contribution in [0.2, 0.25) is 0 Å². The van der Waals surface area contributed by atoms with Gasteiger partial charge in [0, 0.05) is 35.6 Å². The van der Waals surface area contributed by atoms with E-state index in [1.54, 1.807) is 0 Å². The normalized spacial score (nSPS) is 12.5. The van der Waals surface area contributed by atoms with E-state index in [4.69, 9.17) is 20.9 Å². The van der Waals surface area contributed by atoms with E-state index in [0.29, 0.717) is 36.4 Å². The lowest BCUT2D eigenvalue weighted by atomic mass is 10.1. The molecule has 3 aromatic rings. The van der Waals surface area contributed by atoms with Crippen LogP contribution in [0.1, 0.15) is 16.7 Å². The number of hydrogen-bond acceptors (Lipinski definition) is 4. The number of ether oxygens (including phenoxy) is 2. The molecule has 0 heterocycles. The molecule has 35 heavy (non-hydrogen) atoms. The molecule has 4 N–H and O–H groups in total. The van der Waals surface area contributed by atoms with Crippen molar-refractivity contribution in [1.82, 2.24) is 0 Å². The number of benzene rings is 3. The van der Waals surface area contributed by atoms with Crippen molar-refractivity contribution in [2.24, 2.45) is 0 Å². The quantitative estimate of drug-likeness (QED) is 0.278. The first-order valence-corrected chi connectivity index (χ1v) is 9.16. The third-order valence-electron chi connectivity index (χ3n) is 4.43. The average molecular weight is 514 g/mol. The van der Waals surface area contributed by atoms with Gasteiger partial charge in [0.1, 0.15) is 34.4 Å². The zero-order valence-electron chi connectivity index (χ0n) is 16.9. The minimum absolute atomic E-state index is 0.296. The van der Waals surface area contributed by atoms with Gasteiger partial charge in [0.25, 0.3) is 0 Å². The van der Waals surface area contributed by atoms with E-state index < -0.39 is 69.7 Å². The summed E-state index contributed by atoms with van der Waals surface area (Å²) in [6.45, 7) is 0. The molecule has 188 valence electrons. The van der Waals surface area contributed by atoms with E-state index in [9.17, 15) is 43.9 Å². The first kappa shape index (κ1) is 25.8.